The summed E-state index contributed by atoms with van der Waals surface area (Å²) in [5, 5.41) is -1.55. The Morgan fingerprint density at radius 3 is 1.43 bits per heavy atom. The second kappa shape index (κ2) is 7.22. The Morgan fingerprint density at radius 1 is 0.739 bits per heavy atom. The van der Waals surface area contributed by atoms with Gasteiger partial charge in [0.2, 0.25) is 0 Å². The summed E-state index contributed by atoms with van der Waals surface area (Å²) < 4.78 is 72.7. The monoisotopic (exact) mass is 332 g/mol. The fourth-order valence-corrected chi connectivity index (χ4v) is 2.94. The summed E-state index contributed by atoms with van der Waals surface area (Å²) in [5.74, 6) is -6.57. The van der Waals surface area contributed by atoms with Gasteiger partial charge in [0.1, 0.15) is 5.67 Å². The zero-order chi connectivity index (χ0) is 18.0. The molecular formula is C17H22BF5. The molecule has 2 radical (unpaired) electrons. The first-order valence-corrected chi connectivity index (χ1v) is 7.98. The van der Waals surface area contributed by atoms with Gasteiger partial charge in [-0.2, -0.15) is 0 Å². The summed E-state index contributed by atoms with van der Waals surface area (Å²) >= 11 is 0. The first-order chi connectivity index (χ1) is 10.6. The van der Waals surface area contributed by atoms with Crippen molar-refractivity contribution >= 4 is 7.85 Å². The van der Waals surface area contributed by atoms with Gasteiger partial charge in [-0.25, -0.2) is 22.0 Å². The highest BCUT2D eigenvalue weighted by Gasteiger charge is 2.42. The minimum Gasteiger partial charge on any atom is -0.238 e. The molecule has 0 N–H and O–H groups in total. The van der Waals surface area contributed by atoms with Crippen LogP contribution in [0.2, 0.25) is 0 Å². The van der Waals surface area contributed by atoms with Crippen LogP contribution in [0.4, 0.5) is 22.0 Å². The van der Waals surface area contributed by atoms with Crippen LogP contribution < -0.4 is 0 Å². The summed E-state index contributed by atoms with van der Waals surface area (Å²) in [6, 6.07) is 0. The lowest BCUT2D eigenvalue weighted by Crippen LogP contribution is -2.32. The standard InChI is InChI=1S/C17H22BF5/c1-5-9-17(23,8-4)11-14(21)12(19)10(13(20)15(11)22)16(18,6-2)7-3/h5-9H2,1-4H3. The second-order valence-corrected chi connectivity index (χ2v) is 5.94. The van der Waals surface area contributed by atoms with Crippen LogP contribution in [-0.2, 0) is 11.0 Å². The van der Waals surface area contributed by atoms with Gasteiger partial charge in [-0.1, -0.05) is 47.0 Å². The minimum atomic E-state index is -2.46. The van der Waals surface area contributed by atoms with Gasteiger partial charge in [0.25, 0.3) is 0 Å². The van der Waals surface area contributed by atoms with E-state index >= 15 is 0 Å². The molecule has 128 valence electrons. The van der Waals surface area contributed by atoms with Gasteiger partial charge in [-0.15, -0.1) is 0 Å². The molecule has 0 aromatic heterocycles. The highest BCUT2D eigenvalue weighted by molar-refractivity contribution is 6.15. The molecule has 0 bridgehead atoms. The molecule has 6 heteroatoms. The molecule has 0 spiro atoms. The molecule has 1 rings (SSSR count). The van der Waals surface area contributed by atoms with E-state index in [0.717, 1.165) is 0 Å². The summed E-state index contributed by atoms with van der Waals surface area (Å²) in [6.07, 6.45) is -0.0791. The summed E-state index contributed by atoms with van der Waals surface area (Å²) in [7, 11) is 5.90. The largest absolute Gasteiger partial charge is 0.238 e. The summed E-state index contributed by atoms with van der Waals surface area (Å²) in [5.41, 5.74) is -4.48. The van der Waals surface area contributed by atoms with Crippen LogP contribution >= 0.6 is 0 Å². The van der Waals surface area contributed by atoms with E-state index in [1.807, 2.05) is 0 Å². The van der Waals surface area contributed by atoms with Gasteiger partial charge >= 0.3 is 0 Å². The van der Waals surface area contributed by atoms with Gasteiger partial charge in [-0.3, -0.25) is 0 Å². The van der Waals surface area contributed by atoms with E-state index in [1.54, 1.807) is 20.8 Å². The quantitative estimate of drug-likeness (QED) is 0.336. The molecule has 1 atom stereocenters. The van der Waals surface area contributed by atoms with Crippen LogP contribution in [0.5, 0.6) is 0 Å². The fourth-order valence-electron chi connectivity index (χ4n) is 2.94. The van der Waals surface area contributed by atoms with Crippen LogP contribution in [0.3, 0.4) is 0 Å². The number of hydrogen-bond acceptors (Lipinski definition) is 0. The Kier molecular flexibility index (Phi) is 6.28. The molecule has 0 aliphatic carbocycles. The van der Waals surface area contributed by atoms with Crippen molar-refractivity contribution < 1.29 is 22.0 Å². The molecule has 1 aromatic carbocycles. The fraction of sp³-hybridized carbons (Fsp3) is 0.647. The predicted octanol–water partition coefficient (Wildman–Crippen LogP) is 5.80. The molecule has 0 saturated carbocycles. The first kappa shape index (κ1) is 20.0. The third-order valence-electron chi connectivity index (χ3n) is 4.68. The number of halogens is 5. The maximum atomic E-state index is 14.9. The van der Waals surface area contributed by atoms with Crippen LogP contribution in [0, 0.1) is 23.3 Å². The molecule has 0 aliphatic heterocycles. The van der Waals surface area contributed by atoms with Crippen LogP contribution in [-0.4, -0.2) is 7.85 Å². The lowest BCUT2D eigenvalue weighted by atomic mass is 9.60. The highest BCUT2D eigenvalue weighted by Crippen LogP contribution is 2.43. The maximum absolute atomic E-state index is 14.9. The number of benzene rings is 1. The van der Waals surface area contributed by atoms with Crippen molar-refractivity contribution in [2.75, 3.05) is 0 Å². The Bertz CT molecular complexity index is 540. The number of hydrogen-bond donors (Lipinski definition) is 0. The van der Waals surface area contributed by atoms with E-state index in [-0.39, 0.29) is 32.1 Å². The average Bonchev–Trinajstić information content (AvgIpc) is 2.53. The van der Waals surface area contributed by atoms with Gasteiger partial charge < -0.3 is 0 Å². The zero-order valence-corrected chi connectivity index (χ0v) is 14.0. The second-order valence-electron chi connectivity index (χ2n) is 5.94. The normalized spacial score (nSPS) is 14.8. The lowest BCUT2D eigenvalue weighted by molar-refractivity contribution is 0.127. The predicted molar refractivity (Wildman–Crippen MR) is 82.3 cm³/mol. The number of alkyl halides is 1. The molecule has 0 amide bonds. The van der Waals surface area contributed by atoms with Crippen molar-refractivity contribution in [3.05, 3.63) is 34.4 Å². The van der Waals surface area contributed by atoms with E-state index in [2.05, 4.69) is 0 Å². The Hall–Kier alpha value is -1.07. The van der Waals surface area contributed by atoms with Gasteiger partial charge in [-0.05, 0) is 18.2 Å². The lowest BCUT2D eigenvalue weighted by Gasteiger charge is -2.32. The topological polar surface area (TPSA) is 0 Å². The molecule has 0 aliphatic rings. The van der Waals surface area contributed by atoms with Crippen molar-refractivity contribution in [2.24, 2.45) is 0 Å². The van der Waals surface area contributed by atoms with Gasteiger partial charge in [0.15, 0.2) is 23.3 Å². The minimum absolute atomic E-state index is 0.0824. The van der Waals surface area contributed by atoms with Crippen molar-refractivity contribution in [3.8, 4) is 0 Å². The van der Waals surface area contributed by atoms with Crippen LogP contribution in [0.25, 0.3) is 0 Å². The third-order valence-corrected chi connectivity index (χ3v) is 4.68. The molecule has 0 fully saturated rings. The van der Waals surface area contributed by atoms with Crippen molar-refractivity contribution in [3.63, 3.8) is 0 Å². The first-order valence-electron chi connectivity index (χ1n) is 7.98. The van der Waals surface area contributed by atoms with E-state index in [1.165, 1.54) is 6.92 Å². The van der Waals surface area contributed by atoms with E-state index < -0.39 is 45.4 Å². The average molecular weight is 332 g/mol. The van der Waals surface area contributed by atoms with Crippen LogP contribution in [0.15, 0.2) is 0 Å². The van der Waals surface area contributed by atoms with Gasteiger partial charge in [0, 0.05) is 5.56 Å². The maximum Gasteiger partial charge on any atom is 0.168 e. The zero-order valence-electron chi connectivity index (χ0n) is 14.0. The number of rotatable bonds is 7. The van der Waals surface area contributed by atoms with Crippen molar-refractivity contribution in [1.29, 1.82) is 0 Å². The Morgan fingerprint density at radius 2 is 1.13 bits per heavy atom. The molecule has 0 saturated heterocycles. The summed E-state index contributed by atoms with van der Waals surface area (Å²) in [6.45, 7) is 6.13. The molecule has 1 unspecified atom stereocenters. The van der Waals surface area contributed by atoms with Crippen LogP contribution in [0.1, 0.15) is 70.9 Å². The van der Waals surface area contributed by atoms with E-state index in [9.17, 15) is 22.0 Å². The highest BCUT2D eigenvalue weighted by atomic mass is 19.2. The Labute approximate surface area is 135 Å². The molecule has 0 nitrogen and oxygen atoms in total. The van der Waals surface area contributed by atoms with E-state index in [4.69, 9.17) is 7.85 Å². The van der Waals surface area contributed by atoms with E-state index in [0.29, 0.717) is 0 Å². The van der Waals surface area contributed by atoms with Crippen molar-refractivity contribution in [1.82, 2.24) is 0 Å². The summed E-state index contributed by atoms with van der Waals surface area (Å²) in [4.78, 5) is 0. The van der Waals surface area contributed by atoms with Crippen molar-refractivity contribution in [2.45, 2.75) is 70.8 Å². The van der Waals surface area contributed by atoms with Gasteiger partial charge in [0.05, 0.1) is 13.4 Å². The molecular weight excluding hydrogens is 310 g/mol. The molecule has 23 heavy (non-hydrogen) atoms. The SMILES string of the molecule is [B]C(CC)(CC)c1c(F)c(F)c(C(F)(CC)CCC)c(F)c1F. The third kappa shape index (κ3) is 3.27. The molecule has 1 aromatic rings. The molecule has 0 heterocycles. The smallest absolute Gasteiger partial charge is 0.168 e. The Balaban J connectivity index is 3.77.